The molecule has 0 radical (unpaired) electrons. The first kappa shape index (κ1) is 19.4. The van der Waals surface area contributed by atoms with E-state index in [1.54, 1.807) is 0 Å². The van der Waals surface area contributed by atoms with Crippen LogP contribution in [0.25, 0.3) is 0 Å². The van der Waals surface area contributed by atoms with Crippen molar-refractivity contribution in [3.05, 3.63) is 69.7 Å². The third kappa shape index (κ3) is 4.23. The van der Waals surface area contributed by atoms with E-state index in [4.69, 9.17) is 22.1 Å². The third-order valence-electron chi connectivity index (χ3n) is 5.75. The first-order valence-corrected chi connectivity index (χ1v) is 10.2. The summed E-state index contributed by atoms with van der Waals surface area (Å²) in [6, 6.07) is 14.2. The van der Waals surface area contributed by atoms with Gasteiger partial charge in [0.05, 0.1) is 12.7 Å². The summed E-state index contributed by atoms with van der Waals surface area (Å²) in [7, 11) is 0. The minimum absolute atomic E-state index is 0.00115. The predicted molar refractivity (Wildman–Crippen MR) is 111 cm³/mol. The number of nitrogens with zero attached hydrogens (tertiary/aromatic N) is 1. The maximum Gasteiger partial charge on any atom is 0.248 e. The molecule has 2 aliphatic rings. The molecule has 0 saturated carbocycles. The molecule has 4 rings (SSSR count). The van der Waals surface area contributed by atoms with Gasteiger partial charge in [-0.25, -0.2) is 0 Å². The Hall–Kier alpha value is -1.92. The second kappa shape index (κ2) is 8.62. The van der Waals surface area contributed by atoms with Crippen LogP contribution in [0.1, 0.15) is 45.6 Å². The number of halogens is 1. The summed E-state index contributed by atoms with van der Waals surface area (Å²) in [6.07, 6.45) is 1.68. The Bertz CT molecular complexity index is 834. The standard InChI is InChI=1S/C22H26ClN3O2/c23-18-4-1-15(2-5-18)20(26-10-8-25-9-11-26)14-21-19-6-3-17(22(24)27)13-16(19)7-12-28-21/h1-6,13,20-21,25H,7-12,14H2,(H2,24,27). The van der Waals surface area contributed by atoms with E-state index in [1.165, 1.54) is 16.7 Å². The number of fused-ring (bicyclic) bond motifs is 1. The lowest BCUT2D eigenvalue weighted by atomic mass is 9.89. The zero-order valence-corrected chi connectivity index (χ0v) is 16.6. The van der Waals surface area contributed by atoms with Crippen LogP contribution in [0.15, 0.2) is 42.5 Å². The minimum atomic E-state index is -0.384. The van der Waals surface area contributed by atoms with E-state index in [0.29, 0.717) is 12.2 Å². The Balaban J connectivity index is 1.62. The van der Waals surface area contributed by atoms with Crippen LogP contribution in [0.5, 0.6) is 0 Å². The molecule has 1 fully saturated rings. The molecular weight excluding hydrogens is 374 g/mol. The molecule has 0 bridgehead atoms. The molecule has 1 amide bonds. The van der Waals surface area contributed by atoms with Crippen LogP contribution in [-0.2, 0) is 11.2 Å². The number of amides is 1. The fraction of sp³-hybridized carbons (Fsp3) is 0.409. The number of hydrogen-bond donors (Lipinski definition) is 2. The van der Waals surface area contributed by atoms with Crippen molar-refractivity contribution in [2.45, 2.75) is 25.0 Å². The number of carbonyl (C=O) groups excluding carboxylic acids is 1. The Morgan fingerprint density at radius 3 is 2.68 bits per heavy atom. The largest absolute Gasteiger partial charge is 0.373 e. The maximum absolute atomic E-state index is 11.5. The molecule has 2 aromatic carbocycles. The fourth-order valence-corrected chi connectivity index (χ4v) is 4.39. The van der Waals surface area contributed by atoms with Crippen molar-refractivity contribution in [2.24, 2.45) is 5.73 Å². The van der Waals surface area contributed by atoms with E-state index in [1.807, 2.05) is 30.3 Å². The lowest BCUT2D eigenvalue weighted by Crippen LogP contribution is -2.45. The molecule has 2 aromatic rings. The van der Waals surface area contributed by atoms with Crippen LogP contribution in [0.4, 0.5) is 0 Å². The molecule has 6 heteroatoms. The van der Waals surface area contributed by atoms with E-state index in [-0.39, 0.29) is 18.1 Å². The van der Waals surface area contributed by atoms with Crippen LogP contribution in [0.2, 0.25) is 5.02 Å². The number of rotatable bonds is 5. The van der Waals surface area contributed by atoms with Crippen molar-refractivity contribution >= 4 is 17.5 Å². The number of ether oxygens (including phenoxy) is 1. The zero-order chi connectivity index (χ0) is 19.5. The van der Waals surface area contributed by atoms with Crippen LogP contribution in [0, 0.1) is 0 Å². The van der Waals surface area contributed by atoms with Gasteiger partial charge in [-0.05, 0) is 53.8 Å². The zero-order valence-electron chi connectivity index (χ0n) is 15.9. The number of benzene rings is 2. The Morgan fingerprint density at radius 1 is 1.21 bits per heavy atom. The predicted octanol–water partition coefficient (Wildman–Crippen LogP) is 3.09. The summed E-state index contributed by atoms with van der Waals surface area (Å²) in [6.45, 7) is 4.66. The lowest BCUT2D eigenvalue weighted by molar-refractivity contribution is 0.0119. The van der Waals surface area contributed by atoms with E-state index in [2.05, 4.69) is 22.3 Å². The first-order chi connectivity index (χ1) is 13.6. The van der Waals surface area contributed by atoms with E-state index >= 15 is 0 Å². The van der Waals surface area contributed by atoms with Gasteiger partial charge in [-0.3, -0.25) is 9.69 Å². The summed E-state index contributed by atoms with van der Waals surface area (Å²) in [5, 5.41) is 4.18. The molecule has 2 unspecified atom stereocenters. The topological polar surface area (TPSA) is 67.6 Å². The Labute approximate surface area is 170 Å². The summed E-state index contributed by atoms with van der Waals surface area (Å²) in [5.41, 5.74) is 9.62. The van der Waals surface area contributed by atoms with Gasteiger partial charge in [-0.15, -0.1) is 0 Å². The number of primary amides is 1. The van der Waals surface area contributed by atoms with Gasteiger partial charge in [0.1, 0.15) is 0 Å². The van der Waals surface area contributed by atoms with Crippen molar-refractivity contribution in [3.8, 4) is 0 Å². The SMILES string of the molecule is NC(=O)c1ccc2c(c1)CCOC2CC(c1ccc(Cl)cc1)N1CCNCC1. The quantitative estimate of drug-likeness (QED) is 0.810. The number of piperazine rings is 1. The van der Waals surface area contributed by atoms with Gasteiger partial charge in [-0.1, -0.05) is 29.8 Å². The third-order valence-corrected chi connectivity index (χ3v) is 6.00. The highest BCUT2D eigenvalue weighted by atomic mass is 35.5. The molecule has 5 nitrogen and oxygen atoms in total. The highest BCUT2D eigenvalue weighted by molar-refractivity contribution is 6.30. The number of nitrogens with two attached hydrogens (primary N) is 1. The van der Waals surface area contributed by atoms with Crippen molar-refractivity contribution in [1.82, 2.24) is 10.2 Å². The summed E-state index contributed by atoms with van der Waals surface area (Å²) in [4.78, 5) is 14.1. The summed E-state index contributed by atoms with van der Waals surface area (Å²) < 4.78 is 6.19. The monoisotopic (exact) mass is 399 g/mol. The van der Waals surface area contributed by atoms with Gasteiger partial charge in [0.15, 0.2) is 0 Å². The molecule has 148 valence electrons. The number of hydrogen-bond acceptors (Lipinski definition) is 4. The van der Waals surface area contributed by atoms with Crippen LogP contribution in [-0.4, -0.2) is 43.6 Å². The molecule has 0 aromatic heterocycles. The van der Waals surface area contributed by atoms with Crippen molar-refractivity contribution < 1.29 is 9.53 Å². The average molecular weight is 400 g/mol. The second-order valence-corrected chi connectivity index (χ2v) is 7.91. The molecule has 0 spiro atoms. The highest BCUT2D eigenvalue weighted by Crippen LogP contribution is 2.37. The minimum Gasteiger partial charge on any atom is -0.373 e. The molecular formula is C22H26ClN3O2. The Morgan fingerprint density at radius 2 is 1.96 bits per heavy atom. The molecule has 2 heterocycles. The number of carbonyl (C=O) groups is 1. The van der Waals surface area contributed by atoms with Crippen LogP contribution >= 0.6 is 11.6 Å². The fourth-order valence-electron chi connectivity index (χ4n) is 4.26. The van der Waals surface area contributed by atoms with Gasteiger partial charge in [0.2, 0.25) is 5.91 Å². The van der Waals surface area contributed by atoms with Gasteiger partial charge in [0.25, 0.3) is 0 Å². The van der Waals surface area contributed by atoms with Crippen LogP contribution < -0.4 is 11.1 Å². The van der Waals surface area contributed by atoms with E-state index < -0.39 is 0 Å². The molecule has 0 aliphatic carbocycles. The van der Waals surface area contributed by atoms with E-state index in [9.17, 15) is 4.79 Å². The van der Waals surface area contributed by atoms with Crippen LogP contribution in [0.3, 0.4) is 0 Å². The summed E-state index contributed by atoms with van der Waals surface area (Å²) in [5.74, 6) is -0.384. The molecule has 3 N–H and O–H groups in total. The van der Waals surface area contributed by atoms with E-state index in [0.717, 1.165) is 44.0 Å². The first-order valence-electron chi connectivity index (χ1n) is 9.86. The number of nitrogens with one attached hydrogen (secondary N) is 1. The van der Waals surface area contributed by atoms with Gasteiger partial charge >= 0.3 is 0 Å². The smallest absolute Gasteiger partial charge is 0.248 e. The molecule has 2 atom stereocenters. The van der Waals surface area contributed by atoms with Gasteiger partial charge in [0, 0.05) is 42.8 Å². The molecule has 1 saturated heterocycles. The lowest BCUT2D eigenvalue weighted by Gasteiger charge is -2.38. The Kier molecular flexibility index (Phi) is 5.97. The van der Waals surface area contributed by atoms with Crippen molar-refractivity contribution in [2.75, 3.05) is 32.8 Å². The molecule has 2 aliphatic heterocycles. The van der Waals surface area contributed by atoms with Gasteiger partial charge < -0.3 is 15.8 Å². The second-order valence-electron chi connectivity index (χ2n) is 7.48. The average Bonchev–Trinajstić information content (AvgIpc) is 2.73. The van der Waals surface area contributed by atoms with Gasteiger partial charge in [-0.2, -0.15) is 0 Å². The molecule has 28 heavy (non-hydrogen) atoms. The highest BCUT2D eigenvalue weighted by Gasteiger charge is 2.29. The maximum atomic E-state index is 11.5. The van der Waals surface area contributed by atoms with Crippen molar-refractivity contribution in [3.63, 3.8) is 0 Å². The van der Waals surface area contributed by atoms with Crippen molar-refractivity contribution in [1.29, 1.82) is 0 Å². The summed E-state index contributed by atoms with van der Waals surface area (Å²) >= 11 is 6.12. The normalized spacial score (nSPS) is 21.1.